The van der Waals surface area contributed by atoms with Crippen molar-refractivity contribution in [2.45, 2.75) is 57.0 Å². The molecule has 1 amide bonds. The summed E-state index contributed by atoms with van der Waals surface area (Å²) in [5.74, 6) is 0.862. The first-order chi connectivity index (χ1) is 15.2. The number of aryl methyl sites for hydroxylation is 1. The van der Waals surface area contributed by atoms with Crippen molar-refractivity contribution in [3.63, 3.8) is 0 Å². The van der Waals surface area contributed by atoms with E-state index in [1.807, 2.05) is 24.3 Å². The Hall–Kier alpha value is -3.15. The topological polar surface area (TPSA) is 64.4 Å². The molecule has 1 aromatic heterocycles. The fourth-order valence-electron chi connectivity index (χ4n) is 4.57. The van der Waals surface area contributed by atoms with Crippen LogP contribution in [0.3, 0.4) is 0 Å². The van der Waals surface area contributed by atoms with Gasteiger partial charge in [0, 0.05) is 23.8 Å². The Labute approximate surface area is 182 Å². The van der Waals surface area contributed by atoms with E-state index in [1.165, 1.54) is 10.3 Å². The first-order valence-electron chi connectivity index (χ1n) is 11.1. The minimum atomic E-state index is 0.0863. The van der Waals surface area contributed by atoms with E-state index in [2.05, 4.69) is 28.2 Å². The third-order valence-corrected chi connectivity index (χ3v) is 6.32. The molecule has 0 bridgehead atoms. The van der Waals surface area contributed by atoms with Gasteiger partial charge in [-0.3, -0.25) is 9.59 Å². The highest BCUT2D eigenvalue weighted by atomic mass is 16.5. The van der Waals surface area contributed by atoms with Crippen LogP contribution < -0.4 is 4.74 Å². The molecule has 1 heterocycles. The molecule has 6 heteroatoms. The van der Waals surface area contributed by atoms with Crippen LogP contribution in [-0.4, -0.2) is 45.7 Å². The van der Waals surface area contributed by atoms with Crippen molar-refractivity contribution >= 4 is 12.3 Å². The van der Waals surface area contributed by atoms with Crippen molar-refractivity contribution in [1.29, 1.82) is 0 Å². The molecule has 3 aliphatic rings. The summed E-state index contributed by atoms with van der Waals surface area (Å²) in [5, 5.41) is 4.31. The highest BCUT2D eigenvalue weighted by Crippen LogP contribution is 2.35. The van der Waals surface area contributed by atoms with Crippen LogP contribution in [0.5, 0.6) is 5.75 Å². The molecule has 1 aromatic carbocycles. The van der Waals surface area contributed by atoms with Gasteiger partial charge >= 0.3 is 0 Å². The standard InChI is InChI=1S/C25H27N3O3/c29-17-27-15-20-14-22(10-13-24(20)26-27)28(21-8-9-21)25(30)19-6-11-23(12-7-19)31-16-18-4-2-1-3-5-18/h2,4-7,11-12,15,17,21-22H,1,3,8-10,13-14,16H2. The van der Waals surface area contributed by atoms with Crippen LogP contribution in [0.4, 0.5) is 0 Å². The molecule has 1 atom stereocenters. The van der Waals surface area contributed by atoms with Crippen molar-refractivity contribution in [3.8, 4) is 5.75 Å². The maximum atomic E-state index is 13.4. The average molecular weight is 418 g/mol. The molecule has 2 aromatic rings. The summed E-state index contributed by atoms with van der Waals surface area (Å²) >= 11 is 0. The first kappa shape index (κ1) is 19.8. The lowest BCUT2D eigenvalue weighted by molar-refractivity contribution is 0.0642. The Morgan fingerprint density at radius 3 is 2.71 bits per heavy atom. The van der Waals surface area contributed by atoms with Gasteiger partial charge in [0.2, 0.25) is 6.41 Å². The Morgan fingerprint density at radius 1 is 1.16 bits per heavy atom. The number of fused-ring (bicyclic) bond motifs is 1. The summed E-state index contributed by atoms with van der Waals surface area (Å²) < 4.78 is 7.23. The summed E-state index contributed by atoms with van der Waals surface area (Å²) in [6.45, 7) is 0.552. The van der Waals surface area contributed by atoms with Gasteiger partial charge in [-0.1, -0.05) is 18.2 Å². The Balaban J connectivity index is 1.26. The second-order valence-electron chi connectivity index (χ2n) is 8.60. The van der Waals surface area contributed by atoms with Crippen molar-refractivity contribution in [3.05, 3.63) is 71.1 Å². The van der Waals surface area contributed by atoms with E-state index in [1.54, 1.807) is 6.20 Å². The number of hydrogen-bond acceptors (Lipinski definition) is 4. The number of allylic oxidation sites excluding steroid dienone is 2. The van der Waals surface area contributed by atoms with Crippen molar-refractivity contribution < 1.29 is 14.3 Å². The van der Waals surface area contributed by atoms with Crippen molar-refractivity contribution in [2.24, 2.45) is 0 Å². The lowest BCUT2D eigenvalue weighted by Gasteiger charge is -2.34. The van der Waals surface area contributed by atoms with Crippen LogP contribution in [0.25, 0.3) is 0 Å². The van der Waals surface area contributed by atoms with Gasteiger partial charge in [-0.15, -0.1) is 0 Å². The maximum Gasteiger partial charge on any atom is 0.254 e. The number of hydrogen-bond donors (Lipinski definition) is 0. The predicted molar refractivity (Wildman–Crippen MR) is 118 cm³/mol. The molecule has 5 rings (SSSR count). The number of carbonyl (C=O) groups excluding carboxylic acids is 2. The van der Waals surface area contributed by atoms with Crippen LogP contribution in [0, 0.1) is 0 Å². The molecule has 0 N–H and O–H groups in total. The molecule has 0 saturated heterocycles. The molecule has 160 valence electrons. The number of aromatic nitrogens is 2. The van der Waals surface area contributed by atoms with Gasteiger partial charge in [-0.2, -0.15) is 5.10 Å². The predicted octanol–water partition coefficient (Wildman–Crippen LogP) is 3.74. The number of nitrogens with zero attached hydrogens (tertiary/aromatic N) is 3. The summed E-state index contributed by atoms with van der Waals surface area (Å²) in [4.78, 5) is 26.5. The number of benzene rings is 1. The first-order valence-corrected chi connectivity index (χ1v) is 11.1. The number of ether oxygens (including phenoxy) is 1. The van der Waals surface area contributed by atoms with Crippen LogP contribution in [-0.2, 0) is 17.6 Å². The van der Waals surface area contributed by atoms with E-state index in [0.717, 1.165) is 68.4 Å². The van der Waals surface area contributed by atoms with Gasteiger partial charge in [-0.25, -0.2) is 4.68 Å². The lowest BCUT2D eigenvalue weighted by atomic mass is 9.91. The normalized spacial score (nSPS) is 20.0. The highest BCUT2D eigenvalue weighted by molar-refractivity contribution is 5.95. The van der Waals surface area contributed by atoms with E-state index in [0.29, 0.717) is 18.2 Å². The molecule has 1 unspecified atom stereocenters. The molecule has 1 fully saturated rings. The van der Waals surface area contributed by atoms with Gasteiger partial charge in [0.15, 0.2) is 0 Å². The fraction of sp³-hybridized carbons (Fsp3) is 0.400. The number of carbonyl (C=O) groups is 2. The van der Waals surface area contributed by atoms with Gasteiger partial charge in [0.1, 0.15) is 12.4 Å². The minimum absolute atomic E-state index is 0.0863. The van der Waals surface area contributed by atoms with E-state index < -0.39 is 0 Å². The fourth-order valence-corrected chi connectivity index (χ4v) is 4.57. The zero-order valence-electron chi connectivity index (χ0n) is 17.6. The molecule has 6 nitrogen and oxygen atoms in total. The van der Waals surface area contributed by atoms with Gasteiger partial charge in [-0.05, 0) is 80.3 Å². The van der Waals surface area contributed by atoms with Gasteiger partial charge in [0.05, 0.1) is 5.69 Å². The summed E-state index contributed by atoms with van der Waals surface area (Å²) in [6.07, 6.45) is 15.7. The second kappa shape index (κ2) is 8.53. The summed E-state index contributed by atoms with van der Waals surface area (Å²) in [5.41, 5.74) is 3.96. The Morgan fingerprint density at radius 2 is 2.00 bits per heavy atom. The maximum absolute atomic E-state index is 13.4. The van der Waals surface area contributed by atoms with E-state index in [-0.39, 0.29) is 11.9 Å². The van der Waals surface area contributed by atoms with Gasteiger partial charge < -0.3 is 9.64 Å². The van der Waals surface area contributed by atoms with E-state index in [9.17, 15) is 9.59 Å². The summed E-state index contributed by atoms with van der Waals surface area (Å²) in [6, 6.07) is 7.99. The highest BCUT2D eigenvalue weighted by Gasteiger charge is 2.39. The molecule has 1 saturated carbocycles. The monoisotopic (exact) mass is 417 g/mol. The van der Waals surface area contributed by atoms with Gasteiger partial charge in [0.25, 0.3) is 5.91 Å². The zero-order valence-corrected chi connectivity index (χ0v) is 17.6. The minimum Gasteiger partial charge on any atom is -0.489 e. The van der Waals surface area contributed by atoms with Crippen LogP contribution >= 0.6 is 0 Å². The smallest absolute Gasteiger partial charge is 0.254 e. The Kier molecular flexibility index (Phi) is 5.45. The molecular weight excluding hydrogens is 390 g/mol. The van der Waals surface area contributed by atoms with E-state index >= 15 is 0 Å². The number of rotatable bonds is 7. The van der Waals surface area contributed by atoms with E-state index in [4.69, 9.17) is 4.74 Å². The van der Waals surface area contributed by atoms with Crippen molar-refractivity contribution in [1.82, 2.24) is 14.7 Å². The van der Waals surface area contributed by atoms with Crippen molar-refractivity contribution in [2.75, 3.05) is 6.61 Å². The lowest BCUT2D eigenvalue weighted by Crippen LogP contribution is -2.44. The molecule has 3 aliphatic carbocycles. The third-order valence-electron chi connectivity index (χ3n) is 6.32. The second-order valence-corrected chi connectivity index (χ2v) is 8.60. The molecule has 0 aliphatic heterocycles. The average Bonchev–Trinajstić information content (AvgIpc) is 3.56. The third kappa shape index (κ3) is 4.33. The largest absolute Gasteiger partial charge is 0.489 e. The molecule has 0 radical (unpaired) electrons. The zero-order chi connectivity index (χ0) is 21.2. The Bertz CT molecular complexity index is 1030. The SMILES string of the molecule is O=Cn1cc2c(n1)CCC(N(C(=O)c1ccc(OCC3=CCCC=C3)cc1)C1CC1)C2. The quantitative estimate of drug-likeness (QED) is 0.644. The molecule has 31 heavy (non-hydrogen) atoms. The molecular formula is C25H27N3O3. The number of amides is 1. The molecule has 0 spiro atoms. The van der Waals surface area contributed by atoms with Crippen LogP contribution in [0.15, 0.2) is 54.3 Å². The van der Waals surface area contributed by atoms with Crippen LogP contribution in [0.2, 0.25) is 0 Å². The van der Waals surface area contributed by atoms with Crippen LogP contribution in [0.1, 0.15) is 53.7 Å². The summed E-state index contributed by atoms with van der Waals surface area (Å²) in [7, 11) is 0.